The molecule has 0 aromatic heterocycles. The highest BCUT2D eigenvalue weighted by molar-refractivity contribution is 6.05. The summed E-state index contributed by atoms with van der Waals surface area (Å²) in [5.41, 5.74) is 0.888. The van der Waals surface area contributed by atoms with Gasteiger partial charge in [-0.15, -0.1) is 0 Å². The van der Waals surface area contributed by atoms with Gasteiger partial charge >= 0.3 is 0 Å². The maximum absolute atomic E-state index is 12.0. The molecule has 0 saturated heterocycles. The summed E-state index contributed by atoms with van der Waals surface area (Å²) in [4.78, 5) is 17.1. The van der Waals surface area contributed by atoms with Crippen molar-refractivity contribution in [3.8, 4) is 5.75 Å². The van der Waals surface area contributed by atoms with Gasteiger partial charge in [0, 0.05) is 17.5 Å². The van der Waals surface area contributed by atoms with E-state index in [-0.39, 0.29) is 17.2 Å². The van der Waals surface area contributed by atoms with Crippen LogP contribution in [0.25, 0.3) is 0 Å². The van der Waals surface area contributed by atoms with Gasteiger partial charge in [-0.3, -0.25) is 4.79 Å². The summed E-state index contributed by atoms with van der Waals surface area (Å²) in [5, 5.41) is 16.5. The van der Waals surface area contributed by atoms with Crippen molar-refractivity contribution in [2.24, 2.45) is 5.16 Å². The molecule has 0 spiro atoms. The number of nitrogens with one attached hydrogen (secondary N) is 1. The molecule has 0 saturated carbocycles. The Labute approximate surface area is 112 Å². The van der Waals surface area contributed by atoms with Crippen molar-refractivity contribution in [3.63, 3.8) is 0 Å². The Hall–Kier alpha value is -2.04. The first-order valence-electron chi connectivity index (χ1n) is 6.20. The van der Waals surface area contributed by atoms with E-state index in [0.717, 1.165) is 0 Å². The largest absolute Gasteiger partial charge is 0.507 e. The molecular formula is C14H18N2O3. The second-order valence-electron chi connectivity index (χ2n) is 5.59. The SMILES string of the molecule is CC(C)(C)NC(=O)C1CC(c2ccccc2O)=NO1. The van der Waals surface area contributed by atoms with E-state index in [9.17, 15) is 9.90 Å². The van der Waals surface area contributed by atoms with Crippen LogP contribution in [0.1, 0.15) is 32.8 Å². The maximum atomic E-state index is 12.0. The van der Waals surface area contributed by atoms with Crippen molar-refractivity contribution < 1.29 is 14.7 Å². The van der Waals surface area contributed by atoms with E-state index in [2.05, 4.69) is 10.5 Å². The molecule has 5 nitrogen and oxygen atoms in total. The average Bonchev–Trinajstić information content (AvgIpc) is 2.76. The minimum atomic E-state index is -0.631. The zero-order chi connectivity index (χ0) is 14.0. The summed E-state index contributed by atoms with van der Waals surface area (Å²) in [6, 6.07) is 6.88. The highest BCUT2D eigenvalue weighted by Gasteiger charge is 2.31. The molecule has 0 aliphatic carbocycles. The number of benzene rings is 1. The van der Waals surface area contributed by atoms with E-state index < -0.39 is 6.10 Å². The molecule has 102 valence electrons. The van der Waals surface area contributed by atoms with Crippen LogP contribution in [-0.4, -0.2) is 28.4 Å². The Morgan fingerprint density at radius 3 is 2.74 bits per heavy atom. The standard InChI is InChI=1S/C14H18N2O3/c1-14(2,3)15-13(18)12-8-10(16-19-12)9-6-4-5-7-11(9)17/h4-7,12,17H,8H2,1-3H3,(H,15,18). The lowest BCUT2D eigenvalue weighted by Crippen LogP contribution is -2.45. The Bertz CT molecular complexity index is 518. The van der Waals surface area contributed by atoms with Gasteiger partial charge in [0.1, 0.15) is 5.75 Å². The number of hydrogen-bond acceptors (Lipinski definition) is 4. The number of carbonyl (C=O) groups excluding carboxylic acids is 1. The minimum Gasteiger partial charge on any atom is -0.507 e. The molecule has 19 heavy (non-hydrogen) atoms. The zero-order valence-electron chi connectivity index (χ0n) is 11.3. The third-order valence-electron chi connectivity index (χ3n) is 2.67. The number of amides is 1. The van der Waals surface area contributed by atoms with Crippen molar-refractivity contribution in [2.75, 3.05) is 0 Å². The van der Waals surface area contributed by atoms with E-state index in [1.165, 1.54) is 0 Å². The van der Waals surface area contributed by atoms with Crippen LogP contribution in [0.15, 0.2) is 29.4 Å². The second kappa shape index (κ2) is 4.91. The molecule has 1 amide bonds. The van der Waals surface area contributed by atoms with Crippen LogP contribution in [0.4, 0.5) is 0 Å². The number of para-hydroxylation sites is 1. The molecule has 0 bridgehead atoms. The Morgan fingerprint density at radius 1 is 1.42 bits per heavy atom. The van der Waals surface area contributed by atoms with Gasteiger partial charge in [0.15, 0.2) is 0 Å². The molecule has 2 rings (SSSR count). The van der Waals surface area contributed by atoms with E-state index in [4.69, 9.17) is 4.84 Å². The van der Waals surface area contributed by atoms with Gasteiger partial charge in [-0.1, -0.05) is 17.3 Å². The molecule has 0 fully saturated rings. The number of phenols is 1. The molecule has 1 aliphatic heterocycles. The number of oxime groups is 1. The summed E-state index contributed by atoms with van der Waals surface area (Å²) < 4.78 is 0. The van der Waals surface area contributed by atoms with Crippen LogP contribution in [0, 0.1) is 0 Å². The van der Waals surface area contributed by atoms with Crippen LogP contribution < -0.4 is 5.32 Å². The molecule has 1 aromatic carbocycles. The molecule has 1 atom stereocenters. The van der Waals surface area contributed by atoms with Crippen LogP contribution >= 0.6 is 0 Å². The highest BCUT2D eigenvalue weighted by atomic mass is 16.6. The van der Waals surface area contributed by atoms with Gasteiger partial charge in [-0.05, 0) is 32.9 Å². The second-order valence-corrected chi connectivity index (χ2v) is 5.59. The topological polar surface area (TPSA) is 70.9 Å². The average molecular weight is 262 g/mol. The van der Waals surface area contributed by atoms with Crippen molar-refractivity contribution >= 4 is 11.6 Å². The number of aromatic hydroxyl groups is 1. The Kier molecular flexibility index (Phi) is 3.46. The van der Waals surface area contributed by atoms with Crippen LogP contribution in [0.5, 0.6) is 5.75 Å². The summed E-state index contributed by atoms with van der Waals surface area (Å²) >= 11 is 0. The molecule has 2 N–H and O–H groups in total. The van der Waals surface area contributed by atoms with Gasteiger partial charge < -0.3 is 15.3 Å². The molecule has 0 radical (unpaired) electrons. The summed E-state index contributed by atoms with van der Waals surface area (Å²) in [7, 11) is 0. The molecule has 1 aromatic rings. The zero-order valence-corrected chi connectivity index (χ0v) is 11.3. The summed E-state index contributed by atoms with van der Waals surface area (Å²) in [5.74, 6) is -0.0524. The Balaban J connectivity index is 2.04. The van der Waals surface area contributed by atoms with Crippen molar-refractivity contribution in [1.82, 2.24) is 5.32 Å². The predicted octanol–water partition coefficient (Wildman–Crippen LogP) is 1.80. The van der Waals surface area contributed by atoms with E-state index in [0.29, 0.717) is 17.7 Å². The third-order valence-corrected chi connectivity index (χ3v) is 2.67. The van der Waals surface area contributed by atoms with Crippen molar-refractivity contribution in [2.45, 2.75) is 38.8 Å². The van der Waals surface area contributed by atoms with Crippen LogP contribution in [0.2, 0.25) is 0 Å². The first kappa shape index (κ1) is 13.4. The van der Waals surface area contributed by atoms with E-state index in [1.807, 2.05) is 20.8 Å². The van der Waals surface area contributed by atoms with Gasteiger partial charge in [-0.25, -0.2) is 0 Å². The van der Waals surface area contributed by atoms with Crippen molar-refractivity contribution in [1.29, 1.82) is 0 Å². The fourth-order valence-corrected chi connectivity index (χ4v) is 1.84. The number of hydrogen-bond donors (Lipinski definition) is 2. The minimum absolute atomic E-state index is 0.140. The lowest BCUT2D eigenvalue weighted by atomic mass is 10.0. The first-order valence-corrected chi connectivity index (χ1v) is 6.20. The molecule has 1 unspecified atom stereocenters. The Morgan fingerprint density at radius 2 is 2.11 bits per heavy atom. The maximum Gasteiger partial charge on any atom is 0.264 e. The fraction of sp³-hybridized carbons (Fsp3) is 0.429. The number of rotatable bonds is 2. The van der Waals surface area contributed by atoms with E-state index >= 15 is 0 Å². The lowest BCUT2D eigenvalue weighted by Gasteiger charge is -2.22. The van der Waals surface area contributed by atoms with Gasteiger partial charge in [0.2, 0.25) is 6.10 Å². The van der Waals surface area contributed by atoms with Crippen molar-refractivity contribution in [3.05, 3.63) is 29.8 Å². The molecule has 1 heterocycles. The molecule has 1 aliphatic rings. The lowest BCUT2D eigenvalue weighted by molar-refractivity contribution is -0.132. The van der Waals surface area contributed by atoms with Crippen LogP contribution in [-0.2, 0) is 9.63 Å². The number of phenolic OH excluding ortho intramolecular Hbond substituents is 1. The fourth-order valence-electron chi connectivity index (χ4n) is 1.84. The highest BCUT2D eigenvalue weighted by Crippen LogP contribution is 2.23. The van der Waals surface area contributed by atoms with Gasteiger partial charge in [0.05, 0.1) is 5.71 Å². The van der Waals surface area contributed by atoms with Crippen LogP contribution in [0.3, 0.4) is 0 Å². The smallest absolute Gasteiger partial charge is 0.264 e. The predicted molar refractivity (Wildman–Crippen MR) is 72.0 cm³/mol. The van der Waals surface area contributed by atoms with Gasteiger partial charge in [-0.2, -0.15) is 0 Å². The normalized spacial score (nSPS) is 18.7. The summed E-state index contributed by atoms with van der Waals surface area (Å²) in [6.07, 6.45) is -0.270. The first-order chi connectivity index (χ1) is 8.87. The number of carbonyl (C=O) groups is 1. The van der Waals surface area contributed by atoms with E-state index in [1.54, 1.807) is 24.3 Å². The van der Waals surface area contributed by atoms with Gasteiger partial charge in [0.25, 0.3) is 5.91 Å². The third kappa shape index (κ3) is 3.24. The molecular weight excluding hydrogens is 244 g/mol. The quantitative estimate of drug-likeness (QED) is 0.853. The number of nitrogens with zero attached hydrogens (tertiary/aromatic N) is 1. The summed E-state index contributed by atoms with van der Waals surface area (Å²) in [6.45, 7) is 5.72. The molecule has 5 heteroatoms. The monoisotopic (exact) mass is 262 g/mol.